The van der Waals surface area contributed by atoms with Gasteiger partial charge in [0.05, 0.1) is 27.4 Å². The zero-order chi connectivity index (χ0) is 19.8. The number of thiazole rings is 1. The first-order valence-electron chi connectivity index (χ1n) is 7.83. The molecule has 0 radical (unpaired) electrons. The topological polar surface area (TPSA) is 77.2 Å². The fraction of sp³-hybridized carbons (Fsp3) is 0.0556. The van der Waals surface area contributed by atoms with E-state index in [2.05, 4.69) is 15.5 Å². The minimum atomic E-state index is -0.654. The van der Waals surface area contributed by atoms with Crippen LogP contribution in [0.5, 0.6) is 0 Å². The zero-order valence-corrected chi connectivity index (χ0v) is 17.2. The highest BCUT2D eigenvalue weighted by atomic mass is 35.5. The van der Waals surface area contributed by atoms with Crippen LogP contribution in [0.1, 0.15) is 10.4 Å². The molecule has 6 nitrogen and oxygen atoms in total. The molecule has 2 aromatic heterocycles. The number of nitrogens with zero attached hydrogens (tertiary/aromatic N) is 2. The molecule has 142 valence electrons. The Bertz CT molecular complexity index is 1190. The van der Waals surface area contributed by atoms with Gasteiger partial charge in [0.25, 0.3) is 0 Å². The number of hydrogen-bond acceptors (Lipinski definition) is 7. The molecule has 0 saturated heterocycles. The molecule has 28 heavy (non-hydrogen) atoms. The first-order chi connectivity index (χ1) is 13.5. The number of carbonyl (C=O) groups excluding carboxylic acids is 1. The van der Waals surface area contributed by atoms with Gasteiger partial charge in [0.1, 0.15) is 5.69 Å². The number of ether oxygens (including phenoxy) is 1. The molecule has 1 N–H and O–H groups in total. The maximum atomic E-state index is 12.4. The number of aromatic nitrogens is 2. The molecule has 0 unspecified atom stereocenters. The first-order valence-corrected chi connectivity index (χ1v) is 9.78. The number of carbonyl (C=O) groups is 1. The smallest absolute Gasteiger partial charge is 0.345 e. The molecule has 2 heterocycles. The van der Waals surface area contributed by atoms with Gasteiger partial charge in [-0.1, -0.05) is 57.4 Å². The minimum Gasteiger partial charge on any atom is -0.465 e. The third kappa shape index (κ3) is 3.42. The van der Waals surface area contributed by atoms with Gasteiger partial charge in [0, 0.05) is 10.6 Å². The molecular weight excluding hydrogens is 445 g/mol. The van der Waals surface area contributed by atoms with E-state index in [9.17, 15) is 4.79 Å². The third-order valence-corrected chi connectivity index (χ3v) is 5.65. The molecule has 0 aliphatic rings. The first kappa shape index (κ1) is 19.0. The number of benzene rings is 2. The summed E-state index contributed by atoms with van der Waals surface area (Å²) in [5, 5.41) is 8.72. The highest BCUT2D eigenvalue weighted by Gasteiger charge is 2.28. The van der Waals surface area contributed by atoms with Crippen LogP contribution in [-0.4, -0.2) is 23.2 Å². The van der Waals surface area contributed by atoms with E-state index in [0.29, 0.717) is 25.8 Å². The number of rotatable bonds is 4. The molecule has 0 atom stereocenters. The molecule has 4 aromatic rings. The lowest BCUT2D eigenvalue weighted by Gasteiger charge is -2.06. The number of anilines is 2. The molecule has 0 aliphatic carbocycles. The average molecular weight is 455 g/mol. The van der Waals surface area contributed by atoms with Crippen molar-refractivity contribution < 1.29 is 14.1 Å². The summed E-state index contributed by atoms with van der Waals surface area (Å²) in [6.07, 6.45) is 0. The summed E-state index contributed by atoms with van der Waals surface area (Å²) in [5.74, 6) is -0.582. The Morgan fingerprint density at radius 2 is 1.93 bits per heavy atom. The van der Waals surface area contributed by atoms with Gasteiger partial charge in [0.2, 0.25) is 5.88 Å². The van der Waals surface area contributed by atoms with E-state index >= 15 is 0 Å². The average Bonchev–Trinajstić information content (AvgIpc) is 3.24. The van der Waals surface area contributed by atoms with Crippen molar-refractivity contribution in [2.24, 2.45) is 0 Å². The number of methoxy groups -OCH3 is 1. The van der Waals surface area contributed by atoms with Crippen molar-refractivity contribution >= 4 is 73.3 Å². The Kier molecular flexibility index (Phi) is 5.16. The highest BCUT2D eigenvalue weighted by Crippen LogP contribution is 2.40. The standard InChI is InChI=1S/C18H10Cl3N3O3S/c1-26-17(25)14-15(13-9(20)3-2-4-10(13)21)24-27-16(14)23-18-22-11-6-5-8(19)7-12(11)28-18/h2-7H,1H3,(H,22,23). The normalized spacial score (nSPS) is 11.0. The molecule has 10 heteroatoms. The lowest BCUT2D eigenvalue weighted by molar-refractivity contribution is 0.0602. The Morgan fingerprint density at radius 1 is 1.18 bits per heavy atom. The van der Waals surface area contributed by atoms with E-state index in [1.165, 1.54) is 18.4 Å². The lowest BCUT2D eigenvalue weighted by atomic mass is 10.1. The van der Waals surface area contributed by atoms with Crippen molar-refractivity contribution in [3.8, 4) is 11.3 Å². The maximum Gasteiger partial charge on any atom is 0.345 e. The number of halogens is 3. The van der Waals surface area contributed by atoms with Gasteiger partial charge in [-0.15, -0.1) is 0 Å². The number of hydrogen-bond donors (Lipinski definition) is 1. The van der Waals surface area contributed by atoms with Crippen LogP contribution in [-0.2, 0) is 4.74 Å². The van der Waals surface area contributed by atoms with E-state index in [0.717, 1.165) is 10.2 Å². The van der Waals surface area contributed by atoms with E-state index in [1.807, 2.05) is 0 Å². The predicted molar refractivity (Wildman–Crippen MR) is 111 cm³/mol. The maximum absolute atomic E-state index is 12.4. The number of esters is 1. The highest BCUT2D eigenvalue weighted by molar-refractivity contribution is 7.22. The molecule has 0 amide bonds. The van der Waals surface area contributed by atoms with Gasteiger partial charge in [-0.05, 0) is 30.3 Å². The minimum absolute atomic E-state index is 0.0646. The second kappa shape index (κ2) is 7.60. The molecule has 0 bridgehead atoms. The van der Waals surface area contributed by atoms with E-state index < -0.39 is 5.97 Å². The van der Waals surface area contributed by atoms with Crippen molar-refractivity contribution in [1.82, 2.24) is 10.1 Å². The van der Waals surface area contributed by atoms with Gasteiger partial charge in [0.15, 0.2) is 10.7 Å². The van der Waals surface area contributed by atoms with E-state index in [1.54, 1.807) is 36.4 Å². The Hall–Kier alpha value is -2.32. The second-order valence-corrected chi connectivity index (χ2v) is 7.86. The summed E-state index contributed by atoms with van der Waals surface area (Å²) in [6, 6.07) is 10.3. The molecule has 0 aliphatic heterocycles. The van der Waals surface area contributed by atoms with Gasteiger partial charge >= 0.3 is 5.97 Å². The molecule has 0 fully saturated rings. The zero-order valence-electron chi connectivity index (χ0n) is 14.1. The van der Waals surface area contributed by atoms with Crippen molar-refractivity contribution in [2.45, 2.75) is 0 Å². The van der Waals surface area contributed by atoms with Crippen LogP contribution in [0.3, 0.4) is 0 Å². The predicted octanol–water partition coefficient (Wildman–Crippen LogP) is 6.44. The van der Waals surface area contributed by atoms with E-state index in [-0.39, 0.29) is 17.1 Å². The van der Waals surface area contributed by atoms with E-state index in [4.69, 9.17) is 44.1 Å². The van der Waals surface area contributed by atoms with Crippen LogP contribution in [0.25, 0.3) is 21.5 Å². The van der Waals surface area contributed by atoms with Crippen LogP contribution in [0.4, 0.5) is 11.0 Å². The summed E-state index contributed by atoms with van der Waals surface area (Å²) >= 11 is 19.9. The van der Waals surface area contributed by atoms with Gasteiger partial charge in [-0.3, -0.25) is 5.32 Å². The Morgan fingerprint density at radius 3 is 2.64 bits per heavy atom. The van der Waals surface area contributed by atoms with Crippen LogP contribution >= 0.6 is 46.1 Å². The second-order valence-electron chi connectivity index (χ2n) is 5.58. The van der Waals surface area contributed by atoms with Crippen molar-refractivity contribution in [1.29, 1.82) is 0 Å². The van der Waals surface area contributed by atoms with Crippen molar-refractivity contribution in [2.75, 3.05) is 12.4 Å². The fourth-order valence-electron chi connectivity index (χ4n) is 2.61. The van der Waals surface area contributed by atoms with Gasteiger partial charge < -0.3 is 9.26 Å². The lowest BCUT2D eigenvalue weighted by Crippen LogP contribution is -2.05. The summed E-state index contributed by atoms with van der Waals surface area (Å²) in [5.41, 5.74) is 1.37. The van der Waals surface area contributed by atoms with Gasteiger partial charge in [-0.2, -0.15) is 0 Å². The van der Waals surface area contributed by atoms with Crippen molar-refractivity contribution in [3.05, 3.63) is 57.0 Å². The largest absolute Gasteiger partial charge is 0.465 e. The van der Waals surface area contributed by atoms with Crippen LogP contribution < -0.4 is 5.32 Å². The summed E-state index contributed by atoms with van der Waals surface area (Å²) in [4.78, 5) is 16.9. The summed E-state index contributed by atoms with van der Waals surface area (Å²) in [7, 11) is 1.26. The number of fused-ring (bicyclic) bond motifs is 1. The SMILES string of the molecule is COC(=O)c1c(-c2c(Cl)cccc2Cl)noc1Nc1nc2ccc(Cl)cc2s1. The Balaban J connectivity index is 1.81. The molecule has 2 aromatic carbocycles. The van der Waals surface area contributed by atoms with Crippen molar-refractivity contribution in [3.63, 3.8) is 0 Å². The monoisotopic (exact) mass is 453 g/mol. The fourth-order valence-corrected chi connectivity index (χ4v) is 4.32. The summed E-state index contributed by atoms with van der Waals surface area (Å²) < 4.78 is 11.1. The molecule has 0 saturated carbocycles. The van der Waals surface area contributed by atoms with Crippen LogP contribution in [0, 0.1) is 0 Å². The molecule has 0 spiro atoms. The third-order valence-electron chi connectivity index (χ3n) is 3.85. The molecular formula is C18H10Cl3N3O3S. The summed E-state index contributed by atoms with van der Waals surface area (Å²) in [6.45, 7) is 0. The van der Waals surface area contributed by atoms with Crippen LogP contribution in [0.2, 0.25) is 15.1 Å². The van der Waals surface area contributed by atoms with Crippen LogP contribution in [0.15, 0.2) is 40.9 Å². The quantitative estimate of drug-likeness (QED) is 0.357. The van der Waals surface area contributed by atoms with Gasteiger partial charge in [-0.25, -0.2) is 9.78 Å². The Labute approximate surface area is 178 Å². The number of nitrogens with one attached hydrogen (secondary N) is 1. The molecule has 4 rings (SSSR count).